The van der Waals surface area contributed by atoms with Gasteiger partial charge < -0.3 is 9.80 Å². The molecule has 0 radical (unpaired) electrons. The van der Waals surface area contributed by atoms with Crippen LogP contribution in [-0.2, 0) is 5.41 Å². The highest BCUT2D eigenvalue weighted by atomic mass is 15.1. The highest BCUT2D eigenvalue weighted by Gasteiger charge is 2.47. The maximum absolute atomic E-state index is 2.55. The zero-order chi connectivity index (χ0) is 58.1. The van der Waals surface area contributed by atoms with Gasteiger partial charge in [-0.25, -0.2) is 0 Å². The molecule has 2 nitrogen and oxygen atoms in total. The Hall–Kier alpha value is -10.8. The Balaban J connectivity index is 0.937. The Kier molecular flexibility index (Phi) is 11.4. The van der Waals surface area contributed by atoms with Crippen molar-refractivity contribution in [3.63, 3.8) is 0 Å². The van der Waals surface area contributed by atoms with Gasteiger partial charge in [0.25, 0.3) is 0 Å². The number of rotatable bonds is 10. The zero-order valence-electron chi connectivity index (χ0n) is 49.1. The van der Waals surface area contributed by atoms with Crippen LogP contribution in [0.25, 0.3) is 98.0 Å². The lowest BCUT2D eigenvalue weighted by molar-refractivity contribution is 0.769. The van der Waals surface area contributed by atoms with Crippen molar-refractivity contribution in [1.29, 1.82) is 0 Å². The first-order valence-electron chi connectivity index (χ1n) is 30.4. The molecule has 0 spiro atoms. The first-order valence-corrected chi connectivity index (χ1v) is 30.4. The lowest BCUT2D eigenvalue weighted by atomic mass is 9.67. The van der Waals surface area contributed by atoms with Gasteiger partial charge in [-0.15, -0.1) is 0 Å². The second kappa shape index (κ2) is 19.6. The van der Waals surface area contributed by atoms with Crippen molar-refractivity contribution in [1.82, 2.24) is 0 Å². The van der Waals surface area contributed by atoms with Crippen molar-refractivity contribution in [2.45, 2.75) is 33.1 Å². The monoisotopic (exact) mass is 1110 g/mol. The minimum Gasteiger partial charge on any atom is -0.311 e. The molecule has 16 aromatic rings. The Morgan fingerprint density at radius 3 is 0.816 bits per heavy atom. The summed E-state index contributed by atoms with van der Waals surface area (Å²) in [6.07, 6.45) is 0. The summed E-state index contributed by atoms with van der Waals surface area (Å²) in [5.74, 6) is 0. The number of nitrogens with zero attached hydrogens (tertiary/aromatic N) is 2. The molecule has 0 unspecified atom stereocenters. The summed E-state index contributed by atoms with van der Waals surface area (Å²) < 4.78 is 0. The molecule has 16 aromatic carbocycles. The summed E-state index contributed by atoms with van der Waals surface area (Å²) in [6, 6.07) is 111. The maximum atomic E-state index is 2.55. The molecule has 0 atom stereocenters. The fourth-order valence-corrected chi connectivity index (χ4v) is 14.8. The van der Waals surface area contributed by atoms with E-state index < -0.39 is 5.41 Å². The molecular formula is C85H60N2. The zero-order valence-corrected chi connectivity index (χ0v) is 49.1. The molecule has 0 saturated carbocycles. The van der Waals surface area contributed by atoms with Gasteiger partial charge in [0, 0.05) is 34.1 Å². The lowest BCUT2D eigenvalue weighted by Crippen LogP contribution is -2.29. The van der Waals surface area contributed by atoms with Crippen molar-refractivity contribution in [2.24, 2.45) is 0 Å². The number of benzene rings is 16. The Morgan fingerprint density at radius 2 is 0.494 bits per heavy atom. The first kappa shape index (κ1) is 50.7. The number of fused-ring (bicyclic) bond motifs is 3. The molecule has 0 aromatic heterocycles. The van der Waals surface area contributed by atoms with Gasteiger partial charge in [-0.05, 0) is 233 Å². The molecule has 0 heterocycles. The van der Waals surface area contributed by atoms with Crippen LogP contribution in [0.3, 0.4) is 0 Å². The van der Waals surface area contributed by atoms with E-state index in [1.165, 1.54) is 143 Å². The van der Waals surface area contributed by atoms with Crippen LogP contribution in [0.15, 0.2) is 291 Å². The van der Waals surface area contributed by atoms with Gasteiger partial charge in [0.05, 0.1) is 5.41 Å². The van der Waals surface area contributed by atoms with E-state index in [1.54, 1.807) is 0 Å². The second-order valence-corrected chi connectivity index (χ2v) is 24.3. The topological polar surface area (TPSA) is 6.48 Å². The summed E-state index contributed by atoms with van der Waals surface area (Å²) in [7, 11) is 0. The lowest BCUT2D eigenvalue weighted by Gasteiger charge is -2.35. The molecule has 0 fully saturated rings. The van der Waals surface area contributed by atoms with Crippen LogP contribution in [0.1, 0.15) is 44.5 Å². The van der Waals surface area contributed by atoms with Crippen LogP contribution in [0.4, 0.5) is 34.1 Å². The van der Waals surface area contributed by atoms with Gasteiger partial charge in [-0.1, -0.05) is 229 Å². The van der Waals surface area contributed by atoms with Crippen molar-refractivity contribution < 1.29 is 0 Å². The molecule has 2 heteroatoms. The summed E-state index contributed by atoms with van der Waals surface area (Å²) in [6.45, 7) is 8.63. The number of hydrogen-bond donors (Lipinski definition) is 0. The standard InChI is InChI=1S/C85H60N2/c1-53-11-33-67(34-12-53)86(68-35-13-54(2)14-36-68)71-41-29-65(30-42-71)85(66-31-43-72(44-32-66)87(69-37-15-55(3)16-38-69)70-39-17-56(4)18-40-70)79-51-63(73-45-23-61-21-19-57-7-5-9-59-25-49-77(73)83(61)81(57)59)27-47-75(79)76-48-28-64(52-80(76)85)74-46-24-62-22-20-58-8-6-10-60-26-50-78(74)84(62)82(58)60/h5-52H,1-4H3. The summed E-state index contributed by atoms with van der Waals surface area (Å²) in [5.41, 5.74) is 23.0. The third-order valence-electron chi connectivity index (χ3n) is 19.1. The fourth-order valence-electron chi connectivity index (χ4n) is 14.8. The highest BCUT2D eigenvalue weighted by Crippen LogP contribution is 2.59. The third kappa shape index (κ3) is 7.95. The fraction of sp³-hybridized carbons (Fsp3) is 0.0588. The SMILES string of the molecule is Cc1ccc(N(c2ccc(C)cc2)c2ccc(C3(c4ccc(N(c5ccc(C)cc5)c5ccc(C)cc5)cc4)c4cc(-c5ccc6ccc7cccc8ccc5c6c78)ccc4-c4ccc(-c5ccc6ccc7cccc8ccc5c6c78)cc43)cc2)cc1. The van der Waals surface area contributed by atoms with Gasteiger partial charge >= 0.3 is 0 Å². The Morgan fingerprint density at radius 1 is 0.230 bits per heavy atom. The molecule has 0 N–H and O–H groups in total. The van der Waals surface area contributed by atoms with E-state index in [-0.39, 0.29) is 0 Å². The molecule has 0 aliphatic heterocycles. The summed E-state index contributed by atoms with van der Waals surface area (Å²) in [4.78, 5) is 4.78. The van der Waals surface area contributed by atoms with Crippen LogP contribution in [0.5, 0.6) is 0 Å². The van der Waals surface area contributed by atoms with Crippen LogP contribution in [0, 0.1) is 27.7 Å². The molecule has 1 aliphatic carbocycles. The quantitative estimate of drug-likeness (QED) is 0.126. The average Bonchev–Trinajstić information content (AvgIpc) is 1.65. The maximum Gasteiger partial charge on any atom is 0.0714 e. The number of hydrogen-bond acceptors (Lipinski definition) is 2. The molecule has 410 valence electrons. The molecule has 1 aliphatic rings. The van der Waals surface area contributed by atoms with E-state index in [2.05, 4.69) is 329 Å². The molecule has 0 bridgehead atoms. The van der Waals surface area contributed by atoms with Gasteiger partial charge in [-0.2, -0.15) is 0 Å². The minimum atomic E-state index is -0.793. The van der Waals surface area contributed by atoms with E-state index >= 15 is 0 Å². The van der Waals surface area contributed by atoms with Crippen molar-refractivity contribution in [2.75, 3.05) is 9.80 Å². The van der Waals surface area contributed by atoms with Crippen LogP contribution >= 0.6 is 0 Å². The van der Waals surface area contributed by atoms with E-state index in [0.717, 1.165) is 34.1 Å². The normalized spacial score (nSPS) is 12.7. The van der Waals surface area contributed by atoms with E-state index in [0.29, 0.717) is 0 Å². The van der Waals surface area contributed by atoms with Crippen molar-refractivity contribution in [3.05, 3.63) is 336 Å². The van der Waals surface area contributed by atoms with Gasteiger partial charge in [-0.3, -0.25) is 0 Å². The van der Waals surface area contributed by atoms with Crippen molar-refractivity contribution in [3.8, 4) is 33.4 Å². The molecule has 17 rings (SSSR count). The number of aryl methyl sites for hydroxylation is 4. The van der Waals surface area contributed by atoms with E-state index in [4.69, 9.17) is 0 Å². The second-order valence-electron chi connectivity index (χ2n) is 24.3. The third-order valence-corrected chi connectivity index (χ3v) is 19.1. The molecular weight excluding hydrogens is 1050 g/mol. The smallest absolute Gasteiger partial charge is 0.0714 e. The van der Waals surface area contributed by atoms with E-state index in [9.17, 15) is 0 Å². The summed E-state index contributed by atoms with van der Waals surface area (Å²) in [5, 5.41) is 15.4. The van der Waals surface area contributed by atoms with Crippen LogP contribution < -0.4 is 9.80 Å². The van der Waals surface area contributed by atoms with Crippen molar-refractivity contribution >= 4 is 98.8 Å². The Labute approximate surface area is 507 Å². The van der Waals surface area contributed by atoms with Gasteiger partial charge in [0.2, 0.25) is 0 Å². The highest BCUT2D eigenvalue weighted by molar-refractivity contribution is 6.27. The predicted molar refractivity (Wildman–Crippen MR) is 370 cm³/mol. The predicted octanol–water partition coefficient (Wildman–Crippen LogP) is 23.4. The largest absolute Gasteiger partial charge is 0.311 e. The Bertz CT molecular complexity index is 4870. The molecule has 0 amide bonds. The van der Waals surface area contributed by atoms with E-state index in [1.807, 2.05) is 0 Å². The average molecular weight is 1110 g/mol. The summed E-state index contributed by atoms with van der Waals surface area (Å²) >= 11 is 0. The molecule has 0 saturated heterocycles. The van der Waals surface area contributed by atoms with Gasteiger partial charge in [0.1, 0.15) is 0 Å². The molecule has 87 heavy (non-hydrogen) atoms. The van der Waals surface area contributed by atoms with Crippen LogP contribution in [-0.4, -0.2) is 0 Å². The van der Waals surface area contributed by atoms with Gasteiger partial charge in [0.15, 0.2) is 0 Å². The first-order chi connectivity index (χ1) is 42.7. The van der Waals surface area contributed by atoms with Crippen LogP contribution in [0.2, 0.25) is 0 Å². The minimum absolute atomic E-state index is 0.793. The number of anilines is 6.